The van der Waals surface area contributed by atoms with E-state index >= 15 is 0 Å². The third-order valence-electron chi connectivity index (χ3n) is 1.32. The Hall–Kier alpha value is -0.710. The highest BCUT2D eigenvalue weighted by atomic mass is 79.9. The van der Waals surface area contributed by atoms with Crippen LogP contribution in [0.2, 0.25) is 0 Å². The van der Waals surface area contributed by atoms with Gasteiger partial charge in [-0.3, -0.25) is 0 Å². The molecule has 12 heavy (non-hydrogen) atoms. The predicted molar refractivity (Wildman–Crippen MR) is 40.7 cm³/mol. The van der Waals surface area contributed by atoms with Gasteiger partial charge in [0.1, 0.15) is 0 Å². The Balaban J connectivity index is 3.33. The maximum atomic E-state index is 12.8. The number of aromatic hydroxyl groups is 1. The lowest BCUT2D eigenvalue weighted by molar-refractivity contribution is 0.144. The van der Waals surface area contributed by atoms with Crippen LogP contribution in [0.3, 0.4) is 0 Å². The molecule has 0 amide bonds. The van der Waals surface area contributed by atoms with E-state index in [9.17, 15) is 13.2 Å². The van der Waals surface area contributed by atoms with E-state index in [1.807, 2.05) is 0 Å². The van der Waals surface area contributed by atoms with Crippen molar-refractivity contribution in [1.29, 1.82) is 0 Å². The maximum absolute atomic E-state index is 12.8. The molecule has 0 aliphatic rings. The topological polar surface area (TPSA) is 20.2 Å². The van der Waals surface area contributed by atoms with Crippen molar-refractivity contribution in [3.63, 3.8) is 0 Å². The fourth-order valence-corrected chi connectivity index (χ4v) is 1.24. The zero-order valence-electron chi connectivity index (χ0n) is 5.69. The van der Waals surface area contributed by atoms with Gasteiger partial charge < -0.3 is 5.11 Å². The lowest BCUT2D eigenvalue weighted by atomic mass is 10.2. The van der Waals surface area contributed by atoms with Gasteiger partial charge in [-0.2, -0.15) is 0 Å². The average molecular weight is 241 g/mol. The molecule has 0 fully saturated rings. The lowest BCUT2D eigenvalue weighted by Gasteiger charge is -2.05. The Bertz CT molecular complexity index is 301. The number of halogens is 4. The van der Waals surface area contributed by atoms with E-state index in [0.29, 0.717) is 0 Å². The second-order valence-corrected chi connectivity index (χ2v) is 2.95. The molecule has 0 saturated heterocycles. The van der Waals surface area contributed by atoms with E-state index in [0.717, 1.165) is 6.07 Å². The maximum Gasteiger partial charge on any atom is 0.267 e. The summed E-state index contributed by atoms with van der Waals surface area (Å²) in [4.78, 5) is 0. The van der Waals surface area contributed by atoms with Crippen LogP contribution in [0.4, 0.5) is 13.2 Å². The summed E-state index contributed by atoms with van der Waals surface area (Å²) in [5.41, 5.74) is -0.810. The van der Waals surface area contributed by atoms with Crippen LogP contribution in [0, 0.1) is 5.82 Å². The first-order chi connectivity index (χ1) is 5.54. The quantitative estimate of drug-likeness (QED) is 0.800. The number of hydrogen-bond acceptors (Lipinski definition) is 1. The van der Waals surface area contributed by atoms with Crippen LogP contribution in [0.1, 0.15) is 12.0 Å². The summed E-state index contributed by atoms with van der Waals surface area (Å²) in [6, 6.07) is 2.17. The molecule has 1 nitrogen and oxygen atoms in total. The smallest absolute Gasteiger partial charge is 0.267 e. The highest BCUT2D eigenvalue weighted by Crippen LogP contribution is 2.33. The third-order valence-corrected chi connectivity index (χ3v) is 2.02. The van der Waals surface area contributed by atoms with Crippen LogP contribution in [0.15, 0.2) is 16.6 Å². The lowest BCUT2D eigenvalue weighted by Crippen LogP contribution is -1.92. The van der Waals surface area contributed by atoms with Gasteiger partial charge in [0.05, 0.1) is 5.56 Å². The second kappa shape index (κ2) is 3.35. The van der Waals surface area contributed by atoms with E-state index in [2.05, 4.69) is 15.9 Å². The minimum absolute atomic E-state index is 0.0483. The largest absolute Gasteiger partial charge is 0.505 e. The first-order valence-corrected chi connectivity index (χ1v) is 3.78. The van der Waals surface area contributed by atoms with Crippen molar-refractivity contribution in [3.8, 4) is 5.75 Å². The van der Waals surface area contributed by atoms with Gasteiger partial charge in [0.2, 0.25) is 0 Å². The van der Waals surface area contributed by atoms with Crippen LogP contribution >= 0.6 is 15.9 Å². The van der Waals surface area contributed by atoms with Crippen LogP contribution in [0.25, 0.3) is 0 Å². The Kier molecular flexibility index (Phi) is 2.62. The molecule has 0 heterocycles. The van der Waals surface area contributed by atoms with Gasteiger partial charge in [0.25, 0.3) is 6.43 Å². The Morgan fingerprint density at radius 3 is 2.33 bits per heavy atom. The second-order valence-electron chi connectivity index (χ2n) is 2.09. The molecule has 0 saturated carbocycles. The molecule has 0 bridgehead atoms. The average Bonchev–Trinajstić information content (AvgIpc) is 1.97. The van der Waals surface area contributed by atoms with E-state index < -0.39 is 23.6 Å². The van der Waals surface area contributed by atoms with E-state index in [1.165, 1.54) is 6.07 Å². The summed E-state index contributed by atoms with van der Waals surface area (Å²) in [5, 5.41) is 8.74. The fourth-order valence-electron chi connectivity index (χ4n) is 0.758. The number of alkyl halides is 2. The van der Waals surface area contributed by atoms with E-state index in [4.69, 9.17) is 5.11 Å². The molecule has 0 radical (unpaired) electrons. The van der Waals surface area contributed by atoms with Gasteiger partial charge in [-0.15, -0.1) is 0 Å². The minimum atomic E-state index is -2.94. The Labute approximate surface area is 75.0 Å². The predicted octanol–water partition coefficient (Wildman–Crippen LogP) is 3.23. The zero-order chi connectivity index (χ0) is 9.30. The molecule has 0 aromatic heterocycles. The molecule has 1 aromatic rings. The van der Waals surface area contributed by atoms with Gasteiger partial charge in [-0.25, -0.2) is 13.2 Å². The van der Waals surface area contributed by atoms with E-state index in [1.54, 1.807) is 0 Å². The van der Waals surface area contributed by atoms with Crippen molar-refractivity contribution in [1.82, 2.24) is 0 Å². The molecular formula is C7H4BrF3O. The highest BCUT2D eigenvalue weighted by Gasteiger charge is 2.19. The van der Waals surface area contributed by atoms with Gasteiger partial charge in [-0.05, 0) is 12.1 Å². The van der Waals surface area contributed by atoms with Crippen molar-refractivity contribution in [2.75, 3.05) is 0 Å². The first-order valence-electron chi connectivity index (χ1n) is 2.99. The summed E-state index contributed by atoms with van der Waals surface area (Å²) < 4.78 is 36.9. The molecule has 0 aliphatic carbocycles. The number of phenols is 1. The van der Waals surface area contributed by atoms with Gasteiger partial charge in [0.15, 0.2) is 11.6 Å². The fraction of sp³-hybridized carbons (Fsp3) is 0.143. The highest BCUT2D eigenvalue weighted by molar-refractivity contribution is 9.10. The van der Waals surface area contributed by atoms with E-state index in [-0.39, 0.29) is 4.47 Å². The molecule has 1 aromatic carbocycles. The normalized spacial score (nSPS) is 10.8. The Morgan fingerprint density at radius 1 is 1.33 bits per heavy atom. The number of benzene rings is 1. The van der Waals surface area contributed by atoms with Gasteiger partial charge in [0, 0.05) is 4.47 Å². The molecule has 0 unspecified atom stereocenters. The summed E-state index contributed by atoms with van der Waals surface area (Å²) in [5.74, 6) is -2.05. The summed E-state index contributed by atoms with van der Waals surface area (Å²) in [7, 11) is 0. The standard InChI is InChI=1S/C7H4BrF3O/c8-3-1-2-4(12)6(9)5(3)7(10)11/h1-2,7,12H. The van der Waals surface area contributed by atoms with Crippen molar-refractivity contribution >= 4 is 15.9 Å². The van der Waals surface area contributed by atoms with Crippen LogP contribution in [-0.4, -0.2) is 5.11 Å². The Morgan fingerprint density at radius 2 is 1.92 bits per heavy atom. The van der Waals surface area contributed by atoms with Crippen molar-refractivity contribution in [2.45, 2.75) is 6.43 Å². The van der Waals surface area contributed by atoms with Crippen LogP contribution < -0.4 is 0 Å². The van der Waals surface area contributed by atoms with Gasteiger partial charge in [-0.1, -0.05) is 15.9 Å². The third kappa shape index (κ3) is 1.55. The molecule has 0 aliphatic heterocycles. The van der Waals surface area contributed by atoms with Crippen molar-refractivity contribution in [3.05, 3.63) is 28.0 Å². The van der Waals surface area contributed by atoms with Crippen molar-refractivity contribution in [2.24, 2.45) is 0 Å². The van der Waals surface area contributed by atoms with Crippen LogP contribution in [0.5, 0.6) is 5.75 Å². The molecular weight excluding hydrogens is 237 g/mol. The molecule has 0 atom stereocenters. The summed E-state index contributed by atoms with van der Waals surface area (Å²) in [6.45, 7) is 0. The van der Waals surface area contributed by atoms with Crippen LogP contribution in [-0.2, 0) is 0 Å². The molecule has 5 heteroatoms. The summed E-state index contributed by atoms with van der Waals surface area (Å²) >= 11 is 2.75. The number of hydrogen-bond donors (Lipinski definition) is 1. The monoisotopic (exact) mass is 240 g/mol. The molecule has 1 N–H and O–H groups in total. The molecule has 66 valence electrons. The van der Waals surface area contributed by atoms with Crippen molar-refractivity contribution < 1.29 is 18.3 Å². The first kappa shape index (κ1) is 9.38. The zero-order valence-corrected chi connectivity index (χ0v) is 7.28. The SMILES string of the molecule is Oc1ccc(Br)c(C(F)F)c1F. The molecule has 1 rings (SSSR count). The minimum Gasteiger partial charge on any atom is -0.505 e. The number of phenolic OH excluding ortho intramolecular Hbond substituents is 1. The molecule has 0 spiro atoms. The number of rotatable bonds is 1. The van der Waals surface area contributed by atoms with Gasteiger partial charge >= 0.3 is 0 Å². The summed E-state index contributed by atoms with van der Waals surface area (Å²) in [6.07, 6.45) is -2.94.